The molecule has 2 aromatic carbocycles. The molecule has 0 unspecified atom stereocenters. The Kier molecular flexibility index (Phi) is 5.62. The number of halogens is 1. The van der Waals surface area contributed by atoms with E-state index in [9.17, 15) is 18.8 Å². The number of amides is 3. The third kappa shape index (κ3) is 4.37. The van der Waals surface area contributed by atoms with E-state index in [0.29, 0.717) is 22.6 Å². The Morgan fingerprint density at radius 3 is 2.35 bits per heavy atom. The summed E-state index contributed by atoms with van der Waals surface area (Å²) >= 11 is 0. The van der Waals surface area contributed by atoms with Crippen molar-refractivity contribution in [3.63, 3.8) is 0 Å². The Morgan fingerprint density at radius 1 is 1.06 bits per heavy atom. The molecule has 1 fully saturated rings. The molecule has 0 bridgehead atoms. The third-order valence-electron chi connectivity index (χ3n) is 5.26. The van der Waals surface area contributed by atoms with Crippen molar-refractivity contribution in [2.45, 2.75) is 32.9 Å². The summed E-state index contributed by atoms with van der Waals surface area (Å²) in [7, 11) is 0. The molecule has 1 aliphatic rings. The van der Waals surface area contributed by atoms with E-state index in [1.165, 1.54) is 11.0 Å². The molecule has 158 valence electrons. The van der Waals surface area contributed by atoms with Gasteiger partial charge in [-0.05, 0) is 42.3 Å². The molecule has 8 heteroatoms. The van der Waals surface area contributed by atoms with E-state index < -0.39 is 5.82 Å². The topological polar surface area (TPSA) is 84.3 Å². The molecule has 7 nitrogen and oxygen atoms in total. The molecule has 4 rings (SSSR count). The molecular weight excluding hydrogens is 399 g/mol. The van der Waals surface area contributed by atoms with Gasteiger partial charge in [0.05, 0.1) is 12.2 Å². The number of imide groups is 1. The predicted octanol–water partition coefficient (Wildman–Crippen LogP) is 2.90. The van der Waals surface area contributed by atoms with Gasteiger partial charge in [0.1, 0.15) is 11.6 Å². The highest BCUT2D eigenvalue weighted by Crippen LogP contribution is 2.18. The van der Waals surface area contributed by atoms with Crippen molar-refractivity contribution in [1.82, 2.24) is 19.8 Å². The van der Waals surface area contributed by atoms with Crippen LogP contribution in [0.1, 0.15) is 40.2 Å². The summed E-state index contributed by atoms with van der Waals surface area (Å²) < 4.78 is 16.1. The zero-order valence-electron chi connectivity index (χ0n) is 17.0. The molecular formula is C23H21FN4O3. The first kappa shape index (κ1) is 20.5. The molecule has 0 spiro atoms. The van der Waals surface area contributed by atoms with Gasteiger partial charge < -0.3 is 9.88 Å². The van der Waals surface area contributed by atoms with Gasteiger partial charge in [0.2, 0.25) is 11.8 Å². The lowest BCUT2D eigenvalue weighted by Gasteiger charge is -2.14. The molecule has 2 heterocycles. The number of nitrogens with one attached hydrogen (secondary N) is 1. The standard InChI is InChI=1S/C23H21FN4O3/c1-15-25-10-11-27(15)20-7-4-17(12-19(20)24)13-26-23(31)18-5-2-16(3-6-18)14-28-21(29)8-9-22(28)30/h2-7,10-12H,8-9,13-14H2,1H3,(H,26,31). The van der Waals surface area contributed by atoms with Crippen LogP contribution in [-0.4, -0.2) is 32.2 Å². The van der Waals surface area contributed by atoms with Crippen LogP contribution < -0.4 is 5.32 Å². The molecule has 0 atom stereocenters. The third-order valence-corrected chi connectivity index (χ3v) is 5.26. The molecule has 31 heavy (non-hydrogen) atoms. The van der Waals surface area contributed by atoms with Crippen LogP contribution >= 0.6 is 0 Å². The summed E-state index contributed by atoms with van der Waals surface area (Å²) in [4.78, 5) is 41.2. The first-order valence-electron chi connectivity index (χ1n) is 9.91. The number of carbonyl (C=O) groups is 3. The number of hydrogen-bond donors (Lipinski definition) is 1. The van der Waals surface area contributed by atoms with Gasteiger partial charge in [-0.2, -0.15) is 0 Å². The summed E-state index contributed by atoms with van der Waals surface area (Å²) in [5, 5.41) is 2.77. The van der Waals surface area contributed by atoms with Crippen molar-refractivity contribution in [3.8, 4) is 5.69 Å². The SMILES string of the molecule is Cc1nccn1-c1ccc(CNC(=O)c2ccc(CN3C(=O)CCC3=O)cc2)cc1F. The van der Waals surface area contributed by atoms with Gasteiger partial charge in [-0.3, -0.25) is 19.3 Å². The second-order valence-electron chi connectivity index (χ2n) is 7.38. The number of benzene rings is 2. The minimum Gasteiger partial charge on any atom is -0.348 e. The normalized spacial score (nSPS) is 13.7. The molecule has 0 aliphatic carbocycles. The largest absolute Gasteiger partial charge is 0.348 e. The van der Waals surface area contributed by atoms with Crippen molar-refractivity contribution in [3.05, 3.63) is 83.2 Å². The fraction of sp³-hybridized carbons (Fsp3) is 0.217. The molecule has 1 aliphatic heterocycles. The van der Waals surface area contributed by atoms with Gasteiger partial charge in [0, 0.05) is 37.3 Å². The number of aryl methyl sites for hydroxylation is 1. The number of nitrogens with zero attached hydrogens (tertiary/aromatic N) is 3. The summed E-state index contributed by atoms with van der Waals surface area (Å²) in [6.07, 6.45) is 3.80. The maximum Gasteiger partial charge on any atom is 0.251 e. The molecule has 1 aromatic heterocycles. The fourth-order valence-electron chi connectivity index (χ4n) is 3.52. The zero-order chi connectivity index (χ0) is 22.0. The summed E-state index contributed by atoms with van der Waals surface area (Å²) in [6.45, 7) is 2.18. The maximum atomic E-state index is 14.5. The van der Waals surface area contributed by atoms with E-state index in [1.54, 1.807) is 60.3 Å². The Balaban J connectivity index is 1.36. The van der Waals surface area contributed by atoms with Gasteiger partial charge in [-0.1, -0.05) is 18.2 Å². The lowest BCUT2D eigenvalue weighted by atomic mass is 10.1. The van der Waals surface area contributed by atoms with Crippen molar-refractivity contribution >= 4 is 17.7 Å². The molecule has 3 amide bonds. The first-order valence-corrected chi connectivity index (χ1v) is 9.91. The number of aromatic nitrogens is 2. The monoisotopic (exact) mass is 420 g/mol. The number of likely N-dealkylation sites (tertiary alicyclic amines) is 1. The fourth-order valence-corrected chi connectivity index (χ4v) is 3.52. The Hall–Kier alpha value is -3.81. The average Bonchev–Trinajstić information content (AvgIpc) is 3.32. The highest BCUT2D eigenvalue weighted by atomic mass is 19.1. The van der Waals surface area contributed by atoms with E-state index >= 15 is 0 Å². The molecule has 1 saturated heterocycles. The highest BCUT2D eigenvalue weighted by Gasteiger charge is 2.28. The van der Waals surface area contributed by atoms with Crippen LogP contribution in [0.15, 0.2) is 54.9 Å². The molecule has 3 aromatic rings. The number of carbonyl (C=O) groups excluding carboxylic acids is 3. The van der Waals surface area contributed by atoms with E-state index in [2.05, 4.69) is 10.3 Å². The number of rotatable bonds is 6. The van der Waals surface area contributed by atoms with E-state index in [-0.39, 0.29) is 43.7 Å². The second-order valence-corrected chi connectivity index (χ2v) is 7.38. The van der Waals surface area contributed by atoms with Gasteiger partial charge >= 0.3 is 0 Å². The van der Waals surface area contributed by atoms with Crippen LogP contribution in [0.4, 0.5) is 4.39 Å². The van der Waals surface area contributed by atoms with Crippen molar-refractivity contribution in [2.75, 3.05) is 0 Å². The zero-order valence-corrected chi connectivity index (χ0v) is 17.0. The first-order chi connectivity index (χ1) is 14.9. The smallest absolute Gasteiger partial charge is 0.251 e. The van der Waals surface area contributed by atoms with Crippen molar-refractivity contribution in [1.29, 1.82) is 0 Å². The Bertz CT molecular complexity index is 1140. The average molecular weight is 420 g/mol. The van der Waals surface area contributed by atoms with Crippen LogP contribution in [0.3, 0.4) is 0 Å². The Labute approximate surface area is 178 Å². The quantitative estimate of drug-likeness (QED) is 0.622. The van der Waals surface area contributed by atoms with Crippen LogP contribution in [0.5, 0.6) is 0 Å². The summed E-state index contributed by atoms with van der Waals surface area (Å²) in [5.74, 6) is -0.360. The Morgan fingerprint density at radius 2 is 1.74 bits per heavy atom. The minimum absolute atomic E-state index is 0.173. The van der Waals surface area contributed by atoms with Gasteiger partial charge in [-0.25, -0.2) is 9.37 Å². The summed E-state index contributed by atoms with van der Waals surface area (Å²) in [6, 6.07) is 11.5. The maximum absolute atomic E-state index is 14.5. The lowest BCUT2D eigenvalue weighted by molar-refractivity contribution is -0.139. The highest BCUT2D eigenvalue weighted by molar-refractivity contribution is 6.01. The predicted molar refractivity (Wildman–Crippen MR) is 111 cm³/mol. The van der Waals surface area contributed by atoms with Crippen LogP contribution in [-0.2, 0) is 22.7 Å². The number of imidazole rings is 1. The molecule has 0 saturated carbocycles. The minimum atomic E-state index is -0.400. The van der Waals surface area contributed by atoms with Crippen LogP contribution in [0.25, 0.3) is 5.69 Å². The van der Waals surface area contributed by atoms with Crippen LogP contribution in [0.2, 0.25) is 0 Å². The van der Waals surface area contributed by atoms with Crippen molar-refractivity contribution < 1.29 is 18.8 Å². The van der Waals surface area contributed by atoms with Gasteiger partial charge in [-0.15, -0.1) is 0 Å². The number of hydrogen-bond acceptors (Lipinski definition) is 4. The molecule has 1 N–H and O–H groups in total. The van der Waals surface area contributed by atoms with Gasteiger partial charge in [0.15, 0.2) is 0 Å². The summed E-state index contributed by atoms with van der Waals surface area (Å²) in [5.41, 5.74) is 2.24. The van der Waals surface area contributed by atoms with Crippen molar-refractivity contribution in [2.24, 2.45) is 0 Å². The second kappa shape index (κ2) is 8.51. The van der Waals surface area contributed by atoms with Gasteiger partial charge in [0.25, 0.3) is 5.91 Å². The van der Waals surface area contributed by atoms with E-state index in [1.807, 2.05) is 0 Å². The van der Waals surface area contributed by atoms with Crippen LogP contribution in [0, 0.1) is 12.7 Å². The molecule has 0 radical (unpaired) electrons. The van der Waals surface area contributed by atoms with E-state index in [4.69, 9.17) is 0 Å². The van der Waals surface area contributed by atoms with E-state index in [0.717, 1.165) is 5.56 Å². The lowest BCUT2D eigenvalue weighted by Crippen LogP contribution is -2.28.